The molecule has 1 aromatic heterocycles. The fourth-order valence-corrected chi connectivity index (χ4v) is 2.15. The van der Waals surface area contributed by atoms with Crippen LogP contribution in [0.2, 0.25) is 0 Å². The Balaban J connectivity index is 0.00000484. The average Bonchev–Trinajstić information content (AvgIpc) is 2.41. The highest BCUT2D eigenvalue weighted by Crippen LogP contribution is 2.06. The molecule has 0 unspecified atom stereocenters. The summed E-state index contributed by atoms with van der Waals surface area (Å²) in [5.74, 6) is -0.537. The summed E-state index contributed by atoms with van der Waals surface area (Å²) in [5.41, 5.74) is 11.0. The zero-order valence-corrected chi connectivity index (χ0v) is 13.8. The van der Waals surface area contributed by atoms with Crippen molar-refractivity contribution in [2.75, 3.05) is 23.3 Å². The average molecular weight is 352 g/mol. The standard InChI is InChI=1S/C11H22N6O4S.H2O/c1-2-3-4-5-6-7-8-14-11-15-9(12)17(10(13)16-11)21-22(18,19)20;/h2-8H2,1H3,(H5,12,13,14,15,16,18,19,20);1H2. The number of rotatable bonds is 10. The second kappa shape index (κ2) is 9.97. The lowest BCUT2D eigenvalue weighted by atomic mass is 10.1. The molecule has 0 aliphatic heterocycles. The second-order valence-electron chi connectivity index (χ2n) is 4.75. The number of nitrogens with zero attached hydrogens (tertiary/aromatic N) is 3. The van der Waals surface area contributed by atoms with E-state index in [2.05, 4.69) is 26.5 Å². The van der Waals surface area contributed by atoms with Crippen molar-refractivity contribution in [1.82, 2.24) is 9.97 Å². The summed E-state index contributed by atoms with van der Waals surface area (Å²) in [6, 6.07) is 0. The van der Waals surface area contributed by atoms with E-state index in [4.69, 9.17) is 16.0 Å². The predicted octanol–water partition coefficient (Wildman–Crippen LogP) is -0.244. The van der Waals surface area contributed by atoms with Crippen molar-refractivity contribution < 1.29 is 27.5 Å². The molecular formula is C11H24N6O5S. The molecule has 0 aromatic carbocycles. The Bertz CT molecular complexity index is 559. The molecule has 0 atom stereocenters. The third kappa shape index (κ3) is 8.32. The Morgan fingerprint density at radius 2 is 1.65 bits per heavy atom. The van der Waals surface area contributed by atoms with Crippen molar-refractivity contribution in [3.05, 3.63) is 0 Å². The number of anilines is 3. The monoisotopic (exact) mass is 352 g/mol. The fraction of sp³-hybridized carbons (Fsp3) is 0.727. The Kier molecular flexibility index (Phi) is 9.14. The quantitative estimate of drug-likeness (QED) is 0.248. The van der Waals surface area contributed by atoms with Crippen LogP contribution < -0.4 is 25.8 Å². The van der Waals surface area contributed by atoms with Crippen LogP contribution in [-0.4, -0.2) is 35.0 Å². The van der Waals surface area contributed by atoms with Gasteiger partial charge in [-0.05, 0) is 11.2 Å². The maximum absolute atomic E-state index is 10.6. The first-order valence-corrected chi connectivity index (χ1v) is 8.46. The van der Waals surface area contributed by atoms with Gasteiger partial charge in [0.2, 0.25) is 0 Å². The van der Waals surface area contributed by atoms with E-state index in [9.17, 15) is 8.42 Å². The lowest BCUT2D eigenvalue weighted by molar-refractivity contribution is -0.836. The van der Waals surface area contributed by atoms with Crippen molar-refractivity contribution >= 4 is 28.2 Å². The molecule has 1 heterocycles. The van der Waals surface area contributed by atoms with Crippen LogP contribution in [0.25, 0.3) is 0 Å². The molecule has 0 saturated carbocycles. The molecule has 12 heteroatoms. The zero-order valence-electron chi connectivity index (χ0n) is 13.0. The van der Waals surface area contributed by atoms with E-state index in [0.717, 1.165) is 12.8 Å². The molecule has 0 saturated heterocycles. The van der Waals surface area contributed by atoms with E-state index in [0.29, 0.717) is 11.3 Å². The van der Waals surface area contributed by atoms with Crippen LogP contribution in [0.5, 0.6) is 0 Å². The summed E-state index contributed by atoms with van der Waals surface area (Å²) in [5, 5.41) is 2.94. The SMILES string of the molecule is CCCCCCCCNc1nc(N)[n+](OS(=O)(=O)O)c(N)n1.[OH-]. The summed E-state index contributed by atoms with van der Waals surface area (Å²) in [6.45, 7) is 2.81. The lowest BCUT2D eigenvalue weighted by Gasteiger charge is -2.06. The molecule has 1 aromatic rings. The van der Waals surface area contributed by atoms with Crippen molar-refractivity contribution in [3.8, 4) is 0 Å². The first-order chi connectivity index (χ1) is 10.3. The Labute approximate surface area is 135 Å². The van der Waals surface area contributed by atoms with Gasteiger partial charge >= 0.3 is 28.2 Å². The lowest BCUT2D eigenvalue weighted by Crippen LogP contribution is -2.51. The van der Waals surface area contributed by atoms with E-state index < -0.39 is 10.4 Å². The molecule has 0 fully saturated rings. The normalized spacial score (nSPS) is 10.9. The largest absolute Gasteiger partial charge is 0.870 e. The van der Waals surface area contributed by atoms with E-state index >= 15 is 0 Å². The maximum atomic E-state index is 10.6. The van der Waals surface area contributed by atoms with Crippen LogP contribution in [-0.2, 0) is 10.4 Å². The van der Waals surface area contributed by atoms with Gasteiger partial charge in [-0.2, -0.15) is 8.42 Å². The molecule has 134 valence electrons. The van der Waals surface area contributed by atoms with Gasteiger partial charge in [0.15, 0.2) is 0 Å². The topological polar surface area (TPSA) is 187 Å². The summed E-state index contributed by atoms with van der Waals surface area (Å²) in [6.07, 6.45) is 6.90. The minimum atomic E-state index is -4.76. The maximum Gasteiger partial charge on any atom is 0.472 e. The van der Waals surface area contributed by atoms with Gasteiger partial charge in [-0.15, -0.1) is 0 Å². The predicted molar refractivity (Wildman–Crippen MR) is 83.0 cm³/mol. The van der Waals surface area contributed by atoms with Gasteiger partial charge in [0.25, 0.3) is 0 Å². The molecule has 11 nitrogen and oxygen atoms in total. The molecule has 7 N–H and O–H groups in total. The third-order valence-electron chi connectivity index (χ3n) is 2.84. The number of hydrogen-bond donors (Lipinski definition) is 4. The molecule has 0 bridgehead atoms. The smallest absolute Gasteiger partial charge is 0.472 e. The summed E-state index contributed by atoms with van der Waals surface area (Å²) < 4.78 is 34.4. The van der Waals surface area contributed by atoms with Crippen molar-refractivity contribution in [1.29, 1.82) is 0 Å². The van der Waals surface area contributed by atoms with Crippen LogP contribution in [0.3, 0.4) is 0 Å². The first kappa shape index (κ1) is 21.1. The molecule has 0 amide bonds. The second-order valence-corrected chi connectivity index (χ2v) is 5.76. The first-order valence-electron chi connectivity index (χ1n) is 7.09. The Morgan fingerprint density at radius 1 is 1.13 bits per heavy atom. The number of nitrogens with two attached hydrogens (primary N) is 2. The third-order valence-corrected chi connectivity index (χ3v) is 3.18. The molecule has 0 radical (unpaired) electrons. The van der Waals surface area contributed by atoms with E-state index in [1.165, 1.54) is 25.7 Å². The zero-order chi connectivity index (χ0) is 16.6. The fourth-order valence-electron chi connectivity index (χ4n) is 1.81. The van der Waals surface area contributed by atoms with Gasteiger partial charge in [0, 0.05) is 6.54 Å². The molecule has 1 rings (SSSR count). The highest BCUT2D eigenvalue weighted by Gasteiger charge is 2.21. The number of aromatic nitrogens is 3. The summed E-state index contributed by atoms with van der Waals surface area (Å²) >= 11 is 0. The highest BCUT2D eigenvalue weighted by atomic mass is 32.3. The number of nitrogen functional groups attached to an aromatic ring is 2. The van der Waals surface area contributed by atoms with Crippen molar-refractivity contribution in [2.45, 2.75) is 45.4 Å². The molecule has 0 aliphatic rings. The van der Waals surface area contributed by atoms with E-state index in [1.54, 1.807) is 0 Å². The van der Waals surface area contributed by atoms with Crippen LogP contribution in [0.15, 0.2) is 0 Å². The molecule has 0 spiro atoms. The highest BCUT2D eigenvalue weighted by molar-refractivity contribution is 7.80. The van der Waals surface area contributed by atoms with Crippen LogP contribution in [0.1, 0.15) is 45.4 Å². The van der Waals surface area contributed by atoms with Gasteiger partial charge in [0.05, 0.1) is 0 Å². The van der Waals surface area contributed by atoms with Crippen molar-refractivity contribution in [2.24, 2.45) is 0 Å². The van der Waals surface area contributed by atoms with Gasteiger partial charge in [-0.25, -0.2) is 4.28 Å². The van der Waals surface area contributed by atoms with Gasteiger partial charge in [-0.3, -0.25) is 4.55 Å². The van der Waals surface area contributed by atoms with E-state index in [-0.39, 0.29) is 23.3 Å². The Morgan fingerprint density at radius 3 is 2.17 bits per heavy atom. The van der Waals surface area contributed by atoms with Crippen molar-refractivity contribution in [3.63, 3.8) is 0 Å². The summed E-state index contributed by atoms with van der Waals surface area (Å²) in [4.78, 5) is 7.61. The van der Waals surface area contributed by atoms with Gasteiger partial charge < -0.3 is 22.3 Å². The number of unbranched alkanes of at least 4 members (excludes halogenated alkanes) is 5. The number of hydrogen-bond acceptors (Lipinski definition) is 9. The number of nitrogens with one attached hydrogen (secondary N) is 1. The molecule has 23 heavy (non-hydrogen) atoms. The van der Waals surface area contributed by atoms with E-state index in [1.807, 2.05) is 0 Å². The Hall–Kier alpha value is -1.92. The van der Waals surface area contributed by atoms with Crippen LogP contribution in [0.4, 0.5) is 17.8 Å². The summed E-state index contributed by atoms with van der Waals surface area (Å²) in [7, 11) is -4.76. The molecular weight excluding hydrogens is 328 g/mol. The minimum Gasteiger partial charge on any atom is -0.870 e. The minimum absolute atomic E-state index is 0. The van der Waals surface area contributed by atoms with Gasteiger partial charge in [-0.1, -0.05) is 49.0 Å². The molecule has 0 aliphatic carbocycles. The van der Waals surface area contributed by atoms with Gasteiger partial charge in [0.1, 0.15) is 0 Å². The van der Waals surface area contributed by atoms with Crippen LogP contribution >= 0.6 is 0 Å². The van der Waals surface area contributed by atoms with Crippen LogP contribution in [0, 0.1) is 0 Å².